The predicted molar refractivity (Wildman–Crippen MR) is 77.4 cm³/mol. The number of benzene rings is 2. The van der Waals surface area contributed by atoms with E-state index in [9.17, 15) is 8.78 Å². The van der Waals surface area contributed by atoms with Gasteiger partial charge in [-0.1, -0.05) is 17.3 Å². The molecule has 2 aromatic rings. The molecular weight excluding hydrogens is 276 g/mol. The van der Waals surface area contributed by atoms with Crippen molar-refractivity contribution in [1.29, 1.82) is 0 Å². The molecule has 0 radical (unpaired) electrons. The van der Waals surface area contributed by atoms with Gasteiger partial charge in [0.15, 0.2) is 5.84 Å². The van der Waals surface area contributed by atoms with Gasteiger partial charge in [-0.05, 0) is 42.3 Å². The topological polar surface area (TPSA) is 70.6 Å². The molecule has 2 rings (SSSR count). The summed E-state index contributed by atoms with van der Waals surface area (Å²) in [6.45, 7) is 2.07. The Morgan fingerprint density at radius 2 is 2.00 bits per heavy atom. The molecule has 4 N–H and O–H groups in total. The minimum absolute atomic E-state index is 0.198. The van der Waals surface area contributed by atoms with E-state index in [0.717, 1.165) is 5.56 Å². The Morgan fingerprint density at radius 1 is 1.24 bits per heavy atom. The highest BCUT2D eigenvalue weighted by Crippen LogP contribution is 2.18. The van der Waals surface area contributed by atoms with Crippen molar-refractivity contribution in [3.63, 3.8) is 0 Å². The molecule has 0 unspecified atom stereocenters. The third kappa shape index (κ3) is 3.47. The van der Waals surface area contributed by atoms with Crippen molar-refractivity contribution in [3.05, 3.63) is 64.7 Å². The van der Waals surface area contributed by atoms with E-state index >= 15 is 0 Å². The lowest BCUT2D eigenvalue weighted by Crippen LogP contribution is -2.17. The molecule has 0 saturated heterocycles. The molecule has 0 spiro atoms. The second-order valence-corrected chi connectivity index (χ2v) is 4.62. The van der Waals surface area contributed by atoms with Crippen LogP contribution in [0.4, 0.5) is 14.5 Å². The average molecular weight is 291 g/mol. The molecule has 0 aliphatic rings. The fourth-order valence-corrected chi connectivity index (χ4v) is 1.96. The summed E-state index contributed by atoms with van der Waals surface area (Å²) in [6.07, 6.45) is 0. The van der Waals surface area contributed by atoms with Crippen LogP contribution in [0.1, 0.15) is 16.7 Å². The molecule has 110 valence electrons. The van der Waals surface area contributed by atoms with Gasteiger partial charge in [0, 0.05) is 12.1 Å². The van der Waals surface area contributed by atoms with E-state index in [0.29, 0.717) is 11.3 Å². The van der Waals surface area contributed by atoms with Gasteiger partial charge in [0.2, 0.25) is 0 Å². The van der Waals surface area contributed by atoms with Gasteiger partial charge >= 0.3 is 0 Å². The molecule has 0 aliphatic carbocycles. The second kappa shape index (κ2) is 6.21. The zero-order valence-electron chi connectivity index (χ0n) is 11.4. The number of nitrogens with one attached hydrogen (secondary N) is 1. The van der Waals surface area contributed by atoms with Crippen molar-refractivity contribution >= 4 is 11.5 Å². The largest absolute Gasteiger partial charge is 0.409 e. The highest BCUT2D eigenvalue weighted by Gasteiger charge is 2.10. The van der Waals surface area contributed by atoms with Crippen molar-refractivity contribution < 1.29 is 14.0 Å². The van der Waals surface area contributed by atoms with Crippen molar-refractivity contribution in [2.24, 2.45) is 10.9 Å². The maximum Gasteiger partial charge on any atom is 0.170 e. The number of nitrogens with two attached hydrogens (primary N) is 1. The van der Waals surface area contributed by atoms with Crippen molar-refractivity contribution in [1.82, 2.24) is 0 Å². The van der Waals surface area contributed by atoms with Gasteiger partial charge in [0.05, 0.1) is 5.69 Å². The minimum atomic E-state index is -0.498. The number of rotatable bonds is 4. The van der Waals surface area contributed by atoms with Crippen LogP contribution in [0.5, 0.6) is 0 Å². The van der Waals surface area contributed by atoms with Crippen LogP contribution in [0.2, 0.25) is 0 Å². The molecule has 0 saturated carbocycles. The van der Waals surface area contributed by atoms with Crippen LogP contribution < -0.4 is 11.1 Å². The van der Waals surface area contributed by atoms with Crippen molar-refractivity contribution in [2.75, 3.05) is 5.32 Å². The van der Waals surface area contributed by atoms with Crippen LogP contribution >= 0.6 is 0 Å². The van der Waals surface area contributed by atoms with E-state index in [1.54, 1.807) is 12.1 Å². The first-order valence-electron chi connectivity index (χ1n) is 6.27. The van der Waals surface area contributed by atoms with Crippen LogP contribution in [0.25, 0.3) is 0 Å². The third-order valence-corrected chi connectivity index (χ3v) is 3.05. The summed E-state index contributed by atoms with van der Waals surface area (Å²) >= 11 is 0. The number of oxime groups is 1. The molecule has 2 aromatic carbocycles. The van der Waals surface area contributed by atoms with Gasteiger partial charge in [-0.3, -0.25) is 0 Å². The SMILES string of the molecule is Cc1ccc(F)c(NCc2ccc(F)cc2C(N)=NO)c1. The Balaban J connectivity index is 2.26. The summed E-state index contributed by atoms with van der Waals surface area (Å²) in [5, 5.41) is 14.5. The first kappa shape index (κ1) is 14.8. The Morgan fingerprint density at radius 3 is 2.71 bits per heavy atom. The number of halogens is 2. The van der Waals surface area contributed by atoms with Gasteiger partial charge < -0.3 is 16.3 Å². The van der Waals surface area contributed by atoms with E-state index in [2.05, 4.69) is 10.5 Å². The Bertz CT molecular complexity index is 687. The molecule has 0 aromatic heterocycles. The van der Waals surface area contributed by atoms with Crippen LogP contribution in [-0.4, -0.2) is 11.0 Å². The summed E-state index contributed by atoms with van der Waals surface area (Å²) < 4.78 is 26.9. The summed E-state index contributed by atoms with van der Waals surface area (Å²) in [5.41, 5.74) is 7.62. The summed E-state index contributed by atoms with van der Waals surface area (Å²) in [6, 6.07) is 8.63. The van der Waals surface area contributed by atoms with E-state index in [4.69, 9.17) is 10.9 Å². The second-order valence-electron chi connectivity index (χ2n) is 4.62. The normalized spacial score (nSPS) is 11.5. The third-order valence-electron chi connectivity index (χ3n) is 3.05. The number of hydrogen-bond donors (Lipinski definition) is 3. The van der Waals surface area contributed by atoms with Crippen LogP contribution in [0, 0.1) is 18.6 Å². The zero-order chi connectivity index (χ0) is 15.4. The lowest BCUT2D eigenvalue weighted by atomic mass is 10.1. The Hall–Kier alpha value is -2.63. The van der Waals surface area contributed by atoms with E-state index in [1.165, 1.54) is 24.3 Å². The summed E-state index contributed by atoms with van der Waals surface area (Å²) in [4.78, 5) is 0. The standard InChI is InChI=1S/C15H15F2N3O/c1-9-2-5-13(17)14(6-9)19-8-10-3-4-11(16)7-12(10)15(18)20-21/h2-7,19,21H,8H2,1H3,(H2,18,20). The number of aryl methyl sites for hydroxylation is 1. The fourth-order valence-electron chi connectivity index (χ4n) is 1.96. The highest BCUT2D eigenvalue weighted by molar-refractivity contribution is 5.98. The van der Waals surface area contributed by atoms with Crippen molar-refractivity contribution in [2.45, 2.75) is 13.5 Å². The Labute approximate surface area is 120 Å². The molecule has 0 fully saturated rings. The van der Waals surface area contributed by atoms with Gasteiger partial charge in [0.25, 0.3) is 0 Å². The van der Waals surface area contributed by atoms with Crippen molar-refractivity contribution in [3.8, 4) is 0 Å². The zero-order valence-corrected chi connectivity index (χ0v) is 11.4. The van der Waals surface area contributed by atoms with E-state index in [-0.39, 0.29) is 23.8 Å². The number of anilines is 1. The molecule has 4 nitrogen and oxygen atoms in total. The predicted octanol–water partition coefficient (Wildman–Crippen LogP) is 2.98. The molecule has 0 aliphatic heterocycles. The fraction of sp³-hybridized carbons (Fsp3) is 0.133. The summed E-state index contributed by atoms with van der Waals surface area (Å²) in [5.74, 6) is -1.08. The maximum atomic E-state index is 13.7. The summed E-state index contributed by atoms with van der Waals surface area (Å²) in [7, 11) is 0. The molecule has 0 heterocycles. The molecule has 6 heteroatoms. The minimum Gasteiger partial charge on any atom is -0.409 e. The molecular formula is C15H15F2N3O. The smallest absolute Gasteiger partial charge is 0.170 e. The van der Waals surface area contributed by atoms with Gasteiger partial charge in [-0.2, -0.15) is 0 Å². The van der Waals surface area contributed by atoms with Gasteiger partial charge in [0.1, 0.15) is 11.6 Å². The van der Waals surface area contributed by atoms with Crippen LogP contribution in [-0.2, 0) is 6.54 Å². The maximum absolute atomic E-state index is 13.7. The lowest BCUT2D eigenvalue weighted by molar-refractivity contribution is 0.318. The van der Waals surface area contributed by atoms with Gasteiger partial charge in [-0.25, -0.2) is 8.78 Å². The van der Waals surface area contributed by atoms with Crippen LogP contribution in [0.3, 0.4) is 0 Å². The van der Waals surface area contributed by atoms with E-state index in [1.807, 2.05) is 6.92 Å². The molecule has 0 bridgehead atoms. The molecule has 21 heavy (non-hydrogen) atoms. The first-order chi connectivity index (χ1) is 10.0. The first-order valence-corrected chi connectivity index (χ1v) is 6.27. The number of hydrogen-bond acceptors (Lipinski definition) is 3. The average Bonchev–Trinajstić information content (AvgIpc) is 2.48. The van der Waals surface area contributed by atoms with Gasteiger partial charge in [-0.15, -0.1) is 0 Å². The monoisotopic (exact) mass is 291 g/mol. The lowest BCUT2D eigenvalue weighted by Gasteiger charge is -2.12. The number of amidine groups is 1. The molecule has 0 amide bonds. The quantitative estimate of drug-likeness (QED) is 0.351. The highest BCUT2D eigenvalue weighted by atomic mass is 19.1. The van der Waals surface area contributed by atoms with Crippen LogP contribution in [0.15, 0.2) is 41.6 Å². The molecule has 0 atom stereocenters. The number of nitrogens with zero attached hydrogens (tertiary/aromatic N) is 1. The van der Waals surface area contributed by atoms with E-state index < -0.39 is 5.82 Å². The Kier molecular flexibility index (Phi) is 4.37.